The van der Waals surface area contributed by atoms with Crippen molar-refractivity contribution in [3.63, 3.8) is 0 Å². The van der Waals surface area contributed by atoms with Crippen molar-refractivity contribution >= 4 is 27.5 Å². The summed E-state index contributed by atoms with van der Waals surface area (Å²) in [4.78, 5) is 16.6. The van der Waals surface area contributed by atoms with E-state index in [4.69, 9.17) is 9.47 Å². The summed E-state index contributed by atoms with van der Waals surface area (Å²) in [5, 5.41) is 2.71. The number of nitrogens with zero attached hydrogens (tertiary/aromatic N) is 1. The number of amides is 1. The molecule has 1 amide bonds. The van der Waals surface area contributed by atoms with E-state index in [9.17, 15) is 13.2 Å². The van der Waals surface area contributed by atoms with Crippen LogP contribution in [0.25, 0.3) is 0 Å². The smallest absolute Gasteiger partial charge is 0.262 e. The van der Waals surface area contributed by atoms with Crippen molar-refractivity contribution in [1.82, 2.24) is 4.72 Å². The summed E-state index contributed by atoms with van der Waals surface area (Å²) in [6.45, 7) is 3.40. The molecule has 2 unspecified atom stereocenters. The number of benzene rings is 1. The first-order valence-electron chi connectivity index (χ1n) is 9.64. The quantitative estimate of drug-likeness (QED) is 0.717. The lowest BCUT2D eigenvalue weighted by Gasteiger charge is -2.23. The fourth-order valence-corrected chi connectivity index (χ4v) is 4.22. The summed E-state index contributed by atoms with van der Waals surface area (Å²) >= 11 is 0. The van der Waals surface area contributed by atoms with Gasteiger partial charge in [0.25, 0.3) is 15.9 Å². The van der Waals surface area contributed by atoms with Crippen LogP contribution in [-0.4, -0.2) is 52.1 Å². The number of hydrogen-bond acceptors (Lipinski definition) is 6. The fraction of sp³-hybridized carbons (Fsp3) is 0.579. The van der Waals surface area contributed by atoms with Gasteiger partial charge in [-0.15, -0.1) is 0 Å². The number of hydrogen-bond donors (Lipinski definition) is 2. The average Bonchev–Trinajstić information content (AvgIpc) is 3.19. The van der Waals surface area contributed by atoms with Gasteiger partial charge in [-0.05, 0) is 50.8 Å². The molecule has 2 aliphatic heterocycles. The highest BCUT2D eigenvalue weighted by molar-refractivity contribution is 7.90. The summed E-state index contributed by atoms with van der Waals surface area (Å²) in [6, 6.07) is 6.13. The Bertz CT molecular complexity index is 819. The van der Waals surface area contributed by atoms with Gasteiger partial charge in [-0.25, -0.2) is 8.42 Å². The SMILES string of the molecule is CC(OCC1CCCCO1)C(=O)Nc1cccc(S(=O)(=O)NC2=NCCC2)c1. The Kier molecular flexibility index (Phi) is 7.03. The first-order valence-corrected chi connectivity index (χ1v) is 11.1. The summed E-state index contributed by atoms with van der Waals surface area (Å²) in [5.74, 6) is 0.139. The molecule has 0 bridgehead atoms. The van der Waals surface area contributed by atoms with E-state index in [2.05, 4.69) is 15.0 Å². The Morgan fingerprint density at radius 2 is 2.21 bits per heavy atom. The average molecular weight is 410 g/mol. The third-order valence-corrected chi connectivity index (χ3v) is 6.09. The van der Waals surface area contributed by atoms with E-state index in [1.54, 1.807) is 19.1 Å². The molecular formula is C19H27N3O5S. The van der Waals surface area contributed by atoms with Gasteiger partial charge in [0, 0.05) is 25.3 Å². The molecule has 1 aromatic carbocycles. The van der Waals surface area contributed by atoms with E-state index in [-0.39, 0.29) is 16.9 Å². The molecule has 0 spiro atoms. The Hall–Kier alpha value is -1.97. The lowest BCUT2D eigenvalue weighted by molar-refractivity contribution is -0.130. The third kappa shape index (κ3) is 5.76. The molecule has 3 rings (SSSR count). The van der Waals surface area contributed by atoms with Crippen molar-refractivity contribution in [3.05, 3.63) is 24.3 Å². The monoisotopic (exact) mass is 409 g/mol. The molecule has 0 aromatic heterocycles. The largest absolute Gasteiger partial charge is 0.376 e. The normalized spacial score (nSPS) is 21.0. The van der Waals surface area contributed by atoms with Gasteiger partial charge in [-0.3, -0.25) is 14.5 Å². The number of sulfonamides is 1. The highest BCUT2D eigenvalue weighted by Crippen LogP contribution is 2.18. The number of carbonyl (C=O) groups excluding carboxylic acids is 1. The van der Waals surface area contributed by atoms with Gasteiger partial charge in [0.05, 0.1) is 17.6 Å². The molecular weight excluding hydrogens is 382 g/mol. The van der Waals surface area contributed by atoms with Crippen LogP contribution >= 0.6 is 0 Å². The molecule has 1 fully saturated rings. The van der Waals surface area contributed by atoms with E-state index in [0.29, 0.717) is 31.1 Å². The summed E-state index contributed by atoms with van der Waals surface area (Å²) in [5.41, 5.74) is 0.394. The first kappa shape index (κ1) is 20.8. The van der Waals surface area contributed by atoms with Gasteiger partial charge in [-0.1, -0.05) is 6.07 Å². The minimum atomic E-state index is -3.73. The number of carbonyl (C=O) groups is 1. The first-order chi connectivity index (χ1) is 13.4. The lowest BCUT2D eigenvalue weighted by Crippen LogP contribution is -2.33. The van der Waals surface area contributed by atoms with Crippen molar-refractivity contribution in [2.45, 2.75) is 56.1 Å². The maximum Gasteiger partial charge on any atom is 0.262 e. The van der Waals surface area contributed by atoms with Crippen LogP contribution in [0.3, 0.4) is 0 Å². The van der Waals surface area contributed by atoms with E-state index in [1.807, 2.05) is 0 Å². The highest BCUT2D eigenvalue weighted by atomic mass is 32.2. The molecule has 9 heteroatoms. The Morgan fingerprint density at radius 3 is 2.93 bits per heavy atom. The van der Waals surface area contributed by atoms with Crippen LogP contribution in [0.15, 0.2) is 34.2 Å². The highest BCUT2D eigenvalue weighted by Gasteiger charge is 2.21. The molecule has 1 saturated heterocycles. The van der Waals surface area contributed by atoms with Crippen LogP contribution in [-0.2, 0) is 24.3 Å². The molecule has 154 valence electrons. The Labute approximate surface area is 165 Å². The zero-order valence-corrected chi connectivity index (χ0v) is 16.8. The number of amidine groups is 1. The fourth-order valence-electron chi connectivity index (χ4n) is 3.09. The third-order valence-electron chi connectivity index (χ3n) is 4.71. The van der Waals surface area contributed by atoms with E-state index < -0.39 is 16.1 Å². The van der Waals surface area contributed by atoms with Crippen molar-refractivity contribution in [2.24, 2.45) is 4.99 Å². The number of aliphatic imine (C=N–C) groups is 1. The molecule has 0 radical (unpaired) electrons. The standard InChI is InChI=1S/C19H27N3O5S/c1-14(27-13-16-7-2-3-11-26-16)19(23)21-15-6-4-8-17(12-15)28(24,25)22-18-9-5-10-20-18/h4,6,8,12,14,16H,2-3,5,7,9-11,13H2,1H3,(H,20,22)(H,21,23). The molecule has 1 aromatic rings. The summed E-state index contributed by atoms with van der Waals surface area (Å²) in [6.07, 6.45) is 3.93. The van der Waals surface area contributed by atoms with Gasteiger partial charge in [-0.2, -0.15) is 0 Å². The van der Waals surface area contributed by atoms with Crippen molar-refractivity contribution in [3.8, 4) is 0 Å². The minimum Gasteiger partial charge on any atom is -0.376 e. The Morgan fingerprint density at radius 1 is 1.36 bits per heavy atom. The second-order valence-electron chi connectivity index (χ2n) is 7.02. The predicted octanol–water partition coefficient (Wildman–Crippen LogP) is 2.07. The zero-order chi connectivity index (χ0) is 20.0. The van der Waals surface area contributed by atoms with E-state index >= 15 is 0 Å². The molecule has 2 aliphatic rings. The van der Waals surface area contributed by atoms with Crippen LogP contribution in [0.5, 0.6) is 0 Å². The molecule has 2 N–H and O–H groups in total. The zero-order valence-electron chi connectivity index (χ0n) is 16.0. The van der Waals surface area contributed by atoms with Crippen molar-refractivity contribution in [2.75, 3.05) is 25.1 Å². The van der Waals surface area contributed by atoms with Gasteiger partial charge in [0.1, 0.15) is 11.9 Å². The van der Waals surface area contributed by atoms with Crippen LogP contribution < -0.4 is 10.0 Å². The number of anilines is 1. The summed E-state index contributed by atoms with van der Waals surface area (Å²) in [7, 11) is -3.73. The Balaban J connectivity index is 1.56. The molecule has 8 nitrogen and oxygen atoms in total. The van der Waals surface area contributed by atoms with Gasteiger partial charge in [0.2, 0.25) is 0 Å². The van der Waals surface area contributed by atoms with Gasteiger partial charge in [0.15, 0.2) is 0 Å². The van der Waals surface area contributed by atoms with Gasteiger partial charge < -0.3 is 14.8 Å². The van der Waals surface area contributed by atoms with E-state index in [0.717, 1.165) is 32.3 Å². The number of nitrogens with one attached hydrogen (secondary N) is 2. The molecule has 28 heavy (non-hydrogen) atoms. The lowest BCUT2D eigenvalue weighted by atomic mass is 10.1. The molecule has 2 heterocycles. The molecule has 0 aliphatic carbocycles. The number of ether oxygens (including phenoxy) is 2. The maximum absolute atomic E-state index is 12.5. The molecule has 2 atom stereocenters. The second kappa shape index (κ2) is 9.49. The topological polar surface area (TPSA) is 106 Å². The van der Waals surface area contributed by atoms with Crippen LogP contribution in [0.4, 0.5) is 5.69 Å². The summed E-state index contributed by atoms with van der Waals surface area (Å²) < 4.78 is 38.7. The van der Waals surface area contributed by atoms with Crippen LogP contribution in [0, 0.1) is 0 Å². The van der Waals surface area contributed by atoms with E-state index in [1.165, 1.54) is 12.1 Å². The second-order valence-corrected chi connectivity index (χ2v) is 8.70. The van der Waals surface area contributed by atoms with Crippen molar-refractivity contribution in [1.29, 1.82) is 0 Å². The van der Waals surface area contributed by atoms with Crippen LogP contribution in [0.1, 0.15) is 39.0 Å². The van der Waals surface area contributed by atoms with Crippen molar-refractivity contribution < 1.29 is 22.7 Å². The molecule has 0 saturated carbocycles. The van der Waals surface area contributed by atoms with Gasteiger partial charge >= 0.3 is 0 Å². The minimum absolute atomic E-state index is 0.0297. The van der Waals surface area contributed by atoms with Crippen LogP contribution in [0.2, 0.25) is 0 Å². The predicted molar refractivity (Wildman–Crippen MR) is 106 cm³/mol. The number of rotatable bonds is 7. The maximum atomic E-state index is 12.5.